The molecule has 0 spiro atoms. The van der Waals surface area contributed by atoms with E-state index in [1.54, 1.807) is 0 Å². The maximum absolute atomic E-state index is 10.8. The van der Waals surface area contributed by atoms with Crippen molar-refractivity contribution in [3.8, 4) is 0 Å². The minimum atomic E-state index is -0.630. The van der Waals surface area contributed by atoms with Crippen molar-refractivity contribution < 1.29 is 14.6 Å². The number of rotatable bonds is 3. The van der Waals surface area contributed by atoms with Crippen LogP contribution in [0.3, 0.4) is 0 Å². The number of aliphatic hydroxyl groups excluding tert-OH is 1. The topological polar surface area (TPSA) is 98.3 Å². The lowest BCUT2D eigenvalue weighted by Crippen LogP contribution is -2.13. The van der Waals surface area contributed by atoms with E-state index in [-0.39, 0.29) is 24.6 Å². The van der Waals surface area contributed by atoms with Gasteiger partial charge in [-0.15, -0.1) is 0 Å². The molecule has 0 bridgehead atoms. The number of nitrogens with zero attached hydrogens (tertiary/aromatic N) is 2. The van der Waals surface area contributed by atoms with Crippen LogP contribution in [0.1, 0.15) is 34.6 Å². The van der Waals surface area contributed by atoms with Crippen LogP contribution in [0.25, 0.3) is 0 Å². The lowest BCUT2D eigenvalue weighted by molar-refractivity contribution is 0.0109. The number of aromatic nitrogens is 2. The number of hydrogen-bond donors (Lipinski definition) is 2. The van der Waals surface area contributed by atoms with Crippen molar-refractivity contribution in [1.82, 2.24) is 9.36 Å². The second-order valence-electron chi connectivity index (χ2n) is 3.33. The fraction of sp³-hybridized carbons (Fsp3) is 0.625. The molecule has 1 aliphatic rings. The first-order valence-electron chi connectivity index (χ1n) is 4.60. The molecule has 2 atom stereocenters. The van der Waals surface area contributed by atoms with Gasteiger partial charge in [0.1, 0.15) is 11.1 Å². The van der Waals surface area contributed by atoms with Gasteiger partial charge in [0.25, 0.3) is 5.91 Å². The minimum absolute atomic E-state index is 0.0119. The normalized spacial score (nSPS) is 25.7. The van der Waals surface area contributed by atoms with Crippen LogP contribution in [0.2, 0.25) is 0 Å². The van der Waals surface area contributed by atoms with Gasteiger partial charge in [-0.3, -0.25) is 4.79 Å². The van der Waals surface area contributed by atoms with E-state index < -0.39 is 5.91 Å². The smallest absolute Gasteiger partial charge is 0.287 e. The van der Waals surface area contributed by atoms with Crippen molar-refractivity contribution >= 4 is 17.4 Å². The lowest BCUT2D eigenvalue weighted by Gasteiger charge is -2.07. The first-order chi connectivity index (χ1) is 7.20. The zero-order chi connectivity index (χ0) is 10.8. The Hall–Kier alpha value is -1.05. The largest absolute Gasteiger partial charge is 0.394 e. The van der Waals surface area contributed by atoms with Crippen molar-refractivity contribution in [3.05, 3.63) is 10.8 Å². The summed E-state index contributed by atoms with van der Waals surface area (Å²) < 4.78 is 9.32. The molecule has 0 aromatic carbocycles. The zero-order valence-electron chi connectivity index (χ0n) is 7.92. The lowest BCUT2D eigenvalue weighted by atomic mass is 10.2. The van der Waals surface area contributed by atoms with Crippen LogP contribution in [-0.2, 0) is 4.74 Å². The van der Waals surface area contributed by atoms with Gasteiger partial charge >= 0.3 is 0 Å². The molecule has 2 heterocycles. The highest BCUT2D eigenvalue weighted by Crippen LogP contribution is 2.33. The summed E-state index contributed by atoms with van der Waals surface area (Å²) in [6, 6.07) is 0. The monoisotopic (exact) mass is 229 g/mol. The third-order valence-corrected chi connectivity index (χ3v) is 3.05. The van der Waals surface area contributed by atoms with Crippen LogP contribution in [0, 0.1) is 0 Å². The summed E-state index contributed by atoms with van der Waals surface area (Å²) in [5.41, 5.74) is 5.04. The number of amides is 1. The third kappa shape index (κ3) is 2.14. The van der Waals surface area contributed by atoms with E-state index in [4.69, 9.17) is 15.6 Å². The van der Waals surface area contributed by atoms with Crippen molar-refractivity contribution in [3.63, 3.8) is 0 Å². The molecule has 1 aromatic heterocycles. The predicted octanol–water partition coefficient (Wildman–Crippen LogP) is -0.151. The first-order valence-corrected chi connectivity index (χ1v) is 5.37. The Bertz CT molecular complexity index is 368. The third-order valence-electron chi connectivity index (χ3n) is 2.25. The van der Waals surface area contributed by atoms with Crippen molar-refractivity contribution in [2.75, 3.05) is 6.61 Å². The second kappa shape index (κ2) is 4.21. The van der Waals surface area contributed by atoms with E-state index in [2.05, 4.69) is 9.36 Å². The van der Waals surface area contributed by atoms with Crippen LogP contribution in [0.4, 0.5) is 0 Å². The summed E-state index contributed by atoms with van der Waals surface area (Å²) in [5.74, 6) is -0.597. The molecule has 1 aliphatic heterocycles. The summed E-state index contributed by atoms with van der Waals surface area (Å²) in [4.78, 5) is 14.8. The second-order valence-corrected chi connectivity index (χ2v) is 4.11. The Morgan fingerprint density at radius 1 is 1.67 bits per heavy atom. The Morgan fingerprint density at radius 3 is 3.00 bits per heavy atom. The maximum Gasteiger partial charge on any atom is 0.287 e. The van der Waals surface area contributed by atoms with Gasteiger partial charge in [0.2, 0.25) is 5.82 Å². The molecule has 2 rings (SSSR count). The molecule has 0 aliphatic carbocycles. The molecule has 82 valence electrons. The van der Waals surface area contributed by atoms with Gasteiger partial charge in [0.15, 0.2) is 0 Å². The standard InChI is InChI=1S/C8H11N3O3S/c9-6(13)7-10-8(15-11-7)5-2-1-4(3-12)14-5/h4-5,12H,1-3H2,(H2,9,13). The molecule has 1 fully saturated rings. The summed E-state index contributed by atoms with van der Waals surface area (Å²) in [6.07, 6.45) is 1.30. The van der Waals surface area contributed by atoms with E-state index in [9.17, 15) is 4.79 Å². The van der Waals surface area contributed by atoms with Crippen molar-refractivity contribution in [1.29, 1.82) is 0 Å². The van der Waals surface area contributed by atoms with Crippen molar-refractivity contribution in [2.45, 2.75) is 25.0 Å². The minimum Gasteiger partial charge on any atom is -0.394 e. The van der Waals surface area contributed by atoms with Gasteiger partial charge in [-0.2, -0.15) is 4.37 Å². The van der Waals surface area contributed by atoms with Gasteiger partial charge in [0, 0.05) is 0 Å². The first kappa shape index (κ1) is 10.5. The quantitative estimate of drug-likeness (QED) is 0.751. The molecule has 1 aromatic rings. The van der Waals surface area contributed by atoms with E-state index >= 15 is 0 Å². The number of aliphatic hydroxyl groups is 1. The molecule has 0 radical (unpaired) electrons. The summed E-state index contributed by atoms with van der Waals surface area (Å²) in [5, 5.41) is 9.54. The average Bonchev–Trinajstić information content (AvgIpc) is 2.86. The van der Waals surface area contributed by atoms with Gasteiger partial charge in [0.05, 0.1) is 12.7 Å². The van der Waals surface area contributed by atoms with Gasteiger partial charge in [-0.25, -0.2) is 4.98 Å². The molecule has 6 nitrogen and oxygen atoms in total. The molecular formula is C8H11N3O3S. The van der Waals surface area contributed by atoms with Gasteiger partial charge < -0.3 is 15.6 Å². The average molecular weight is 229 g/mol. The fourth-order valence-electron chi connectivity index (χ4n) is 1.49. The van der Waals surface area contributed by atoms with Crippen LogP contribution >= 0.6 is 11.5 Å². The van der Waals surface area contributed by atoms with Crippen LogP contribution in [-0.4, -0.2) is 33.1 Å². The number of carbonyl (C=O) groups is 1. The number of hydrogen-bond acceptors (Lipinski definition) is 6. The Kier molecular flexibility index (Phi) is 2.94. The number of nitrogens with two attached hydrogens (primary N) is 1. The molecule has 0 saturated carbocycles. The highest BCUT2D eigenvalue weighted by molar-refractivity contribution is 7.05. The Balaban J connectivity index is 2.07. The van der Waals surface area contributed by atoms with Crippen molar-refractivity contribution in [2.24, 2.45) is 5.73 Å². The molecule has 2 unspecified atom stereocenters. The van der Waals surface area contributed by atoms with E-state index in [0.717, 1.165) is 24.4 Å². The fourth-order valence-corrected chi connectivity index (χ4v) is 2.22. The predicted molar refractivity (Wildman–Crippen MR) is 52.4 cm³/mol. The summed E-state index contributed by atoms with van der Waals surface area (Å²) in [7, 11) is 0. The zero-order valence-corrected chi connectivity index (χ0v) is 8.74. The number of carbonyl (C=O) groups excluding carboxylic acids is 1. The van der Waals surface area contributed by atoms with E-state index in [1.807, 2.05) is 0 Å². The highest BCUT2D eigenvalue weighted by Gasteiger charge is 2.29. The van der Waals surface area contributed by atoms with Crippen LogP contribution in [0.15, 0.2) is 0 Å². The highest BCUT2D eigenvalue weighted by atomic mass is 32.1. The maximum atomic E-state index is 10.8. The van der Waals surface area contributed by atoms with Gasteiger partial charge in [-0.1, -0.05) is 0 Å². The molecule has 1 saturated heterocycles. The van der Waals surface area contributed by atoms with Gasteiger partial charge in [-0.05, 0) is 24.4 Å². The van der Waals surface area contributed by atoms with Crippen LogP contribution in [0.5, 0.6) is 0 Å². The van der Waals surface area contributed by atoms with Crippen LogP contribution < -0.4 is 5.73 Å². The number of primary amides is 1. The molecule has 15 heavy (non-hydrogen) atoms. The molecule has 7 heteroatoms. The van der Waals surface area contributed by atoms with E-state index in [0.29, 0.717) is 5.01 Å². The number of ether oxygens (including phenoxy) is 1. The molecule has 1 amide bonds. The molecule has 3 N–H and O–H groups in total. The summed E-state index contributed by atoms with van der Waals surface area (Å²) in [6.45, 7) is 0.0119. The molecular weight excluding hydrogens is 218 g/mol. The summed E-state index contributed by atoms with van der Waals surface area (Å²) >= 11 is 1.12. The Labute approximate surface area is 90.2 Å². The Morgan fingerprint density at radius 2 is 2.47 bits per heavy atom. The SMILES string of the molecule is NC(=O)c1nsc(C2CCC(CO)O2)n1. The van der Waals surface area contributed by atoms with E-state index in [1.165, 1.54) is 0 Å².